The summed E-state index contributed by atoms with van der Waals surface area (Å²) in [5.41, 5.74) is 0.924. The summed E-state index contributed by atoms with van der Waals surface area (Å²) in [6, 6.07) is 7.29. The number of benzene rings is 1. The first kappa shape index (κ1) is 11.2. The number of ether oxygens (including phenoxy) is 2. The maximum Gasteiger partial charge on any atom is 0.351 e. The van der Waals surface area contributed by atoms with Gasteiger partial charge in [0.15, 0.2) is 6.61 Å². The van der Waals surface area contributed by atoms with E-state index in [1.165, 1.54) is 6.92 Å². The molecule has 1 aromatic carbocycles. The molecule has 0 saturated carbocycles. The highest BCUT2D eigenvalue weighted by Gasteiger charge is 2.07. The van der Waals surface area contributed by atoms with Crippen LogP contribution < -0.4 is 4.74 Å². The number of esters is 2. The Kier molecular flexibility index (Phi) is 3.85. The van der Waals surface area contributed by atoms with Crippen molar-refractivity contribution in [1.82, 2.24) is 0 Å². The Morgan fingerprint density at radius 2 is 1.93 bits per heavy atom. The van der Waals surface area contributed by atoms with Gasteiger partial charge < -0.3 is 9.47 Å². The first-order chi connectivity index (χ1) is 7.09. The normalized spacial score (nSPS) is 9.47. The molecule has 15 heavy (non-hydrogen) atoms. The molecule has 0 heterocycles. The molecule has 0 atom stereocenters. The molecule has 0 bridgehead atoms. The summed E-state index contributed by atoms with van der Waals surface area (Å²) in [7, 11) is 0. The molecule has 0 spiro atoms. The SMILES string of the molecule is CC(=O)OC(=O)COc1ccccc1C. The minimum atomic E-state index is -0.689. The zero-order valence-corrected chi connectivity index (χ0v) is 8.65. The summed E-state index contributed by atoms with van der Waals surface area (Å²) in [6.07, 6.45) is 0. The fraction of sp³-hybridized carbons (Fsp3) is 0.273. The minimum Gasteiger partial charge on any atom is -0.482 e. The third-order valence-electron chi connectivity index (χ3n) is 1.70. The second-order valence-corrected chi connectivity index (χ2v) is 3.02. The number of hydrogen-bond acceptors (Lipinski definition) is 4. The van der Waals surface area contributed by atoms with Gasteiger partial charge in [-0.05, 0) is 18.6 Å². The Morgan fingerprint density at radius 3 is 2.53 bits per heavy atom. The average molecular weight is 208 g/mol. The maximum absolute atomic E-state index is 11.0. The van der Waals surface area contributed by atoms with Crippen LogP contribution in [-0.4, -0.2) is 18.5 Å². The van der Waals surface area contributed by atoms with Gasteiger partial charge in [-0.2, -0.15) is 0 Å². The van der Waals surface area contributed by atoms with Crippen LogP contribution in [0.3, 0.4) is 0 Å². The number of carbonyl (C=O) groups is 2. The van der Waals surface area contributed by atoms with Crippen molar-refractivity contribution >= 4 is 11.9 Å². The van der Waals surface area contributed by atoms with Crippen LogP contribution in [0.4, 0.5) is 0 Å². The lowest BCUT2D eigenvalue weighted by molar-refractivity contribution is -0.159. The molecule has 0 aliphatic rings. The summed E-state index contributed by atoms with van der Waals surface area (Å²) in [6.45, 7) is 2.78. The number of rotatable bonds is 3. The van der Waals surface area contributed by atoms with Crippen LogP contribution in [0.2, 0.25) is 0 Å². The lowest BCUT2D eigenvalue weighted by atomic mass is 10.2. The molecular weight excluding hydrogens is 196 g/mol. The standard InChI is InChI=1S/C11H12O4/c1-8-5-3-4-6-10(8)14-7-11(13)15-9(2)12/h3-6H,7H2,1-2H3. The molecule has 4 heteroatoms. The first-order valence-electron chi connectivity index (χ1n) is 4.49. The second kappa shape index (κ2) is 5.14. The topological polar surface area (TPSA) is 52.6 Å². The van der Waals surface area contributed by atoms with Gasteiger partial charge in [-0.25, -0.2) is 4.79 Å². The number of hydrogen-bond donors (Lipinski definition) is 0. The molecule has 0 aliphatic heterocycles. The third kappa shape index (κ3) is 3.81. The van der Waals surface area contributed by atoms with Crippen LogP contribution in [0.5, 0.6) is 5.75 Å². The molecule has 4 nitrogen and oxygen atoms in total. The highest BCUT2D eigenvalue weighted by molar-refractivity contribution is 5.84. The monoisotopic (exact) mass is 208 g/mol. The molecule has 0 fully saturated rings. The van der Waals surface area contributed by atoms with Gasteiger partial charge in [-0.15, -0.1) is 0 Å². The Labute approximate surface area is 87.8 Å². The van der Waals surface area contributed by atoms with Crippen LogP contribution in [0, 0.1) is 6.92 Å². The van der Waals surface area contributed by atoms with Crippen molar-refractivity contribution in [1.29, 1.82) is 0 Å². The smallest absolute Gasteiger partial charge is 0.351 e. The highest BCUT2D eigenvalue weighted by Crippen LogP contribution is 2.15. The van der Waals surface area contributed by atoms with E-state index in [1.54, 1.807) is 12.1 Å². The van der Waals surface area contributed by atoms with Gasteiger partial charge in [-0.1, -0.05) is 18.2 Å². The predicted molar refractivity (Wildman–Crippen MR) is 53.4 cm³/mol. The van der Waals surface area contributed by atoms with E-state index < -0.39 is 11.9 Å². The molecular formula is C11H12O4. The summed E-state index contributed by atoms with van der Waals surface area (Å²) in [5.74, 6) is -0.711. The summed E-state index contributed by atoms with van der Waals surface area (Å²) in [5, 5.41) is 0. The fourth-order valence-electron chi connectivity index (χ4n) is 1.04. The van der Waals surface area contributed by atoms with Crippen molar-refractivity contribution in [2.75, 3.05) is 6.61 Å². The van der Waals surface area contributed by atoms with Crippen molar-refractivity contribution in [3.8, 4) is 5.75 Å². The average Bonchev–Trinajstić information content (AvgIpc) is 2.15. The zero-order valence-electron chi connectivity index (χ0n) is 8.65. The molecule has 80 valence electrons. The largest absolute Gasteiger partial charge is 0.482 e. The summed E-state index contributed by atoms with van der Waals surface area (Å²) in [4.78, 5) is 21.4. The van der Waals surface area contributed by atoms with Gasteiger partial charge in [0.1, 0.15) is 5.75 Å². The Hall–Kier alpha value is -1.84. The maximum atomic E-state index is 11.0. The Bertz CT molecular complexity index is 371. The van der Waals surface area contributed by atoms with Crippen molar-refractivity contribution in [3.63, 3.8) is 0 Å². The van der Waals surface area contributed by atoms with E-state index in [2.05, 4.69) is 4.74 Å². The molecule has 0 saturated heterocycles. The summed E-state index contributed by atoms with van der Waals surface area (Å²) >= 11 is 0. The molecule has 1 aromatic rings. The van der Waals surface area contributed by atoms with Crippen LogP contribution in [0.1, 0.15) is 12.5 Å². The van der Waals surface area contributed by atoms with Crippen molar-refractivity contribution in [2.24, 2.45) is 0 Å². The molecule has 0 N–H and O–H groups in total. The third-order valence-corrected chi connectivity index (χ3v) is 1.70. The quantitative estimate of drug-likeness (QED) is 0.557. The first-order valence-corrected chi connectivity index (χ1v) is 4.49. The van der Waals surface area contributed by atoms with E-state index in [9.17, 15) is 9.59 Å². The van der Waals surface area contributed by atoms with Crippen LogP contribution in [0.15, 0.2) is 24.3 Å². The van der Waals surface area contributed by atoms with Gasteiger partial charge in [-0.3, -0.25) is 4.79 Å². The summed E-state index contributed by atoms with van der Waals surface area (Å²) < 4.78 is 9.48. The number of aryl methyl sites for hydroxylation is 1. The van der Waals surface area contributed by atoms with E-state index in [-0.39, 0.29) is 6.61 Å². The van der Waals surface area contributed by atoms with Crippen molar-refractivity contribution in [2.45, 2.75) is 13.8 Å². The van der Waals surface area contributed by atoms with Crippen LogP contribution >= 0.6 is 0 Å². The van der Waals surface area contributed by atoms with Gasteiger partial charge in [0.2, 0.25) is 0 Å². The molecule has 0 aromatic heterocycles. The van der Waals surface area contributed by atoms with E-state index in [0.717, 1.165) is 5.56 Å². The molecule has 1 rings (SSSR count). The lowest BCUT2D eigenvalue weighted by Gasteiger charge is -2.06. The van der Waals surface area contributed by atoms with Crippen molar-refractivity contribution < 1.29 is 19.1 Å². The van der Waals surface area contributed by atoms with E-state index in [0.29, 0.717) is 5.75 Å². The molecule has 0 unspecified atom stereocenters. The molecule has 0 aliphatic carbocycles. The molecule has 0 radical (unpaired) electrons. The zero-order chi connectivity index (χ0) is 11.3. The predicted octanol–water partition coefficient (Wildman–Crippen LogP) is 1.46. The van der Waals surface area contributed by atoms with E-state index >= 15 is 0 Å². The Balaban J connectivity index is 2.47. The number of para-hydroxylation sites is 1. The highest BCUT2D eigenvalue weighted by atomic mass is 16.6. The van der Waals surface area contributed by atoms with Crippen LogP contribution in [-0.2, 0) is 14.3 Å². The molecule has 0 amide bonds. The van der Waals surface area contributed by atoms with Gasteiger partial charge in [0, 0.05) is 6.92 Å². The van der Waals surface area contributed by atoms with Gasteiger partial charge in [0.05, 0.1) is 0 Å². The van der Waals surface area contributed by atoms with Gasteiger partial charge >= 0.3 is 11.9 Å². The lowest BCUT2D eigenvalue weighted by Crippen LogP contribution is -2.17. The minimum absolute atomic E-state index is 0.259. The second-order valence-electron chi connectivity index (χ2n) is 3.02. The number of carbonyl (C=O) groups excluding carboxylic acids is 2. The van der Waals surface area contributed by atoms with Crippen molar-refractivity contribution in [3.05, 3.63) is 29.8 Å². The fourth-order valence-corrected chi connectivity index (χ4v) is 1.04. The Morgan fingerprint density at radius 1 is 1.27 bits per heavy atom. The van der Waals surface area contributed by atoms with E-state index in [1.807, 2.05) is 19.1 Å². The van der Waals surface area contributed by atoms with E-state index in [4.69, 9.17) is 4.74 Å². The van der Waals surface area contributed by atoms with Crippen LogP contribution in [0.25, 0.3) is 0 Å². The van der Waals surface area contributed by atoms with Gasteiger partial charge in [0.25, 0.3) is 0 Å².